The number of alkyl halides is 2. The van der Waals surface area contributed by atoms with Gasteiger partial charge in [0.2, 0.25) is 5.91 Å². The van der Waals surface area contributed by atoms with E-state index in [-0.39, 0.29) is 30.2 Å². The van der Waals surface area contributed by atoms with Gasteiger partial charge in [0, 0.05) is 18.2 Å². The maximum Gasteiger partial charge on any atom is 0.387 e. The highest BCUT2D eigenvalue weighted by Crippen LogP contribution is 2.40. The fourth-order valence-electron chi connectivity index (χ4n) is 4.81. The van der Waals surface area contributed by atoms with Crippen LogP contribution in [0.4, 0.5) is 8.78 Å². The zero-order chi connectivity index (χ0) is 21.8. The number of fused-ring (bicyclic) bond motifs is 1. The Bertz CT molecular complexity index is 905. The summed E-state index contributed by atoms with van der Waals surface area (Å²) in [6.45, 7) is -2.61. The molecule has 1 saturated carbocycles. The average molecular weight is 428 g/mol. The number of benzene rings is 2. The highest BCUT2D eigenvalue weighted by Gasteiger charge is 2.47. The van der Waals surface area contributed by atoms with E-state index in [1.54, 1.807) is 29.2 Å². The molecule has 4 rings (SSSR count). The van der Waals surface area contributed by atoms with Gasteiger partial charge in [-0.2, -0.15) is 8.78 Å². The Kier molecular flexibility index (Phi) is 6.49. The molecular weight excluding hydrogens is 402 g/mol. The summed E-state index contributed by atoms with van der Waals surface area (Å²) in [5, 5.41) is 2.93. The summed E-state index contributed by atoms with van der Waals surface area (Å²) >= 11 is 0. The first-order valence-electron chi connectivity index (χ1n) is 10.7. The van der Waals surface area contributed by atoms with Gasteiger partial charge in [0.1, 0.15) is 11.8 Å². The van der Waals surface area contributed by atoms with Crippen molar-refractivity contribution < 1.29 is 23.1 Å². The number of likely N-dealkylation sites (tertiary alicyclic amines) is 1. The van der Waals surface area contributed by atoms with E-state index in [4.69, 9.17) is 0 Å². The van der Waals surface area contributed by atoms with E-state index >= 15 is 0 Å². The second-order valence-electron chi connectivity index (χ2n) is 8.18. The predicted octanol–water partition coefficient (Wildman–Crippen LogP) is 4.38. The van der Waals surface area contributed by atoms with Crippen LogP contribution in [0.5, 0.6) is 5.75 Å². The van der Waals surface area contributed by atoms with Gasteiger partial charge in [-0.1, -0.05) is 43.2 Å². The van der Waals surface area contributed by atoms with E-state index in [2.05, 4.69) is 10.1 Å². The molecule has 1 aliphatic carbocycles. The molecule has 164 valence electrons. The summed E-state index contributed by atoms with van der Waals surface area (Å²) in [4.78, 5) is 28.2. The summed E-state index contributed by atoms with van der Waals surface area (Å²) in [6.07, 6.45) is 4.85. The highest BCUT2D eigenvalue weighted by molar-refractivity contribution is 5.98. The quantitative estimate of drug-likeness (QED) is 0.743. The number of ether oxygens (including phenoxy) is 1. The molecule has 2 aliphatic rings. The number of carbonyl (C=O) groups is 2. The van der Waals surface area contributed by atoms with E-state index in [1.807, 2.05) is 18.2 Å². The molecule has 1 heterocycles. The third kappa shape index (κ3) is 4.86. The van der Waals surface area contributed by atoms with Gasteiger partial charge in [-0.05, 0) is 55.0 Å². The molecule has 31 heavy (non-hydrogen) atoms. The van der Waals surface area contributed by atoms with Crippen LogP contribution in [0.25, 0.3) is 0 Å². The van der Waals surface area contributed by atoms with Crippen LogP contribution in [0.3, 0.4) is 0 Å². The molecular formula is C24H26F2N2O3. The van der Waals surface area contributed by atoms with Crippen LogP contribution in [0, 0.1) is 5.92 Å². The Hall–Kier alpha value is -2.96. The normalized spacial score (nSPS) is 22.8. The van der Waals surface area contributed by atoms with Gasteiger partial charge < -0.3 is 15.0 Å². The van der Waals surface area contributed by atoms with Gasteiger partial charge in [-0.15, -0.1) is 0 Å². The van der Waals surface area contributed by atoms with E-state index in [9.17, 15) is 18.4 Å². The molecule has 1 N–H and O–H groups in total. The van der Waals surface area contributed by atoms with Crippen LogP contribution in [0.1, 0.15) is 48.0 Å². The lowest BCUT2D eigenvalue weighted by atomic mass is 9.84. The Labute approximate surface area is 180 Å². The molecule has 3 unspecified atom stereocenters. The summed E-state index contributed by atoms with van der Waals surface area (Å²) in [5.41, 5.74) is 1.37. The minimum Gasteiger partial charge on any atom is -0.435 e. The molecule has 0 aromatic heterocycles. The minimum atomic E-state index is -2.87. The SMILES string of the molecule is O=C(NCc1ccc(OC(F)F)cc1)C1CC2CCCCC2N1C(=O)c1ccccc1. The third-order valence-corrected chi connectivity index (χ3v) is 6.26. The van der Waals surface area contributed by atoms with E-state index in [0.29, 0.717) is 17.9 Å². The van der Waals surface area contributed by atoms with Crippen molar-refractivity contribution in [3.8, 4) is 5.75 Å². The lowest BCUT2D eigenvalue weighted by molar-refractivity contribution is -0.125. The molecule has 0 bridgehead atoms. The Morgan fingerprint density at radius 3 is 2.45 bits per heavy atom. The summed E-state index contributed by atoms with van der Waals surface area (Å²) in [7, 11) is 0. The molecule has 0 spiro atoms. The molecule has 3 atom stereocenters. The van der Waals surface area contributed by atoms with Crippen LogP contribution >= 0.6 is 0 Å². The zero-order valence-electron chi connectivity index (χ0n) is 17.2. The van der Waals surface area contributed by atoms with Crippen molar-refractivity contribution in [2.45, 2.75) is 57.3 Å². The Morgan fingerprint density at radius 2 is 1.74 bits per heavy atom. The van der Waals surface area contributed by atoms with Crippen LogP contribution < -0.4 is 10.1 Å². The largest absolute Gasteiger partial charge is 0.435 e. The van der Waals surface area contributed by atoms with Crippen LogP contribution in [-0.4, -0.2) is 35.4 Å². The molecule has 2 amide bonds. The van der Waals surface area contributed by atoms with Crippen LogP contribution in [0.2, 0.25) is 0 Å². The number of carbonyl (C=O) groups excluding carboxylic acids is 2. The molecule has 7 heteroatoms. The number of nitrogens with one attached hydrogen (secondary N) is 1. The number of halogens is 2. The van der Waals surface area contributed by atoms with Crippen molar-refractivity contribution in [3.63, 3.8) is 0 Å². The zero-order valence-corrected chi connectivity index (χ0v) is 17.2. The number of hydrogen-bond donors (Lipinski definition) is 1. The molecule has 0 radical (unpaired) electrons. The first-order valence-corrected chi connectivity index (χ1v) is 10.7. The van der Waals surface area contributed by atoms with Crippen molar-refractivity contribution in [2.24, 2.45) is 5.92 Å². The summed E-state index contributed by atoms with van der Waals surface area (Å²) in [5.74, 6) is 0.155. The Balaban J connectivity index is 1.45. The van der Waals surface area contributed by atoms with Crippen molar-refractivity contribution >= 4 is 11.8 Å². The van der Waals surface area contributed by atoms with E-state index in [1.165, 1.54) is 12.1 Å². The van der Waals surface area contributed by atoms with Crippen molar-refractivity contribution in [3.05, 3.63) is 65.7 Å². The molecule has 1 saturated heterocycles. The monoisotopic (exact) mass is 428 g/mol. The second-order valence-corrected chi connectivity index (χ2v) is 8.18. The smallest absolute Gasteiger partial charge is 0.387 e. The first kappa shape index (κ1) is 21.3. The lowest BCUT2D eigenvalue weighted by Gasteiger charge is -2.33. The lowest BCUT2D eigenvalue weighted by Crippen LogP contribution is -2.49. The molecule has 2 fully saturated rings. The molecule has 2 aromatic rings. The van der Waals surface area contributed by atoms with Gasteiger partial charge in [-0.25, -0.2) is 0 Å². The van der Waals surface area contributed by atoms with Gasteiger partial charge in [-0.3, -0.25) is 9.59 Å². The number of rotatable bonds is 6. The van der Waals surface area contributed by atoms with Crippen molar-refractivity contribution in [1.82, 2.24) is 10.2 Å². The fourth-order valence-corrected chi connectivity index (χ4v) is 4.81. The Morgan fingerprint density at radius 1 is 1.03 bits per heavy atom. The third-order valence-electron chi connectivity index (χ3n) is 6.26. The highest BCUT2D eigenvalue weighted by atomic mass is 19.3. The van der Waals surface area contributed by atoms with Crippen LogP contribution in [0.15, 0.2) is 54.6 Å². The van der Waals surface area contributed by atoms with E-state index in [0.717, 1.165) is 31.2 Å². The fraction of sp³-hybridized carbons (Fsp3) is 0.417. The summed E-state index contributed by atoms with van der Waals surface area (Å²) < 4.78 is 28.9. The van der Waals surface area contributed by atoms with Gasteiger partial charge >= 0.3 is 6.61 Å². The topological polar surface area (TPSA) is 58.6 Å². The molecule has 2 aromatic carbocycles. The van der Waals surface area contributed by atoms with Crippen molar-refractivity contribution in [2.75, 3.05) is 0 Å². The number of nitrogens with zero attached hydrogens (tertiary/aromatic N) is 1. The summed E-state index contributed by atoms with van der Waals surface area (Å²) in [6, 6.07) is 14.9. The second kappa shape index (κ2) is 9.45. The average Bonchev–Trinajstić information content (AvgIpc) is 3.18. The molecule has 1 aliphatic heterocycles. The first-order chi connectivity index (χ1) is 15.0. The minimum absolute atomic E-state index is 0.0737. The molecule has 5 nitrogen and oxygen atoms in total. The van der Waals surface area contributed by atoms with Gasteiger partial charge in [0.15, 0.2) is 0 Å². The number of amides is 2. The maximum atomic E-state index is 13.3. The standard InChI is InChI=1S/C24H26F2N2O3/c25-24(26)31-19-12-10-16(11-13-19)15-27-22(29)21-14-18-8-4-5-9-20(18)28(21)23(30)17-6-2-1-3-7-17/h1-3,6-7,10-13,18,20-21,24H,4-5,8-9,14-15H2,(H,27,29). The van der Waals surface area contributed by atoms with E-state index < -0.39 is 12.7 Å². The van der Waals surface area contributed by atoms with Gasteiger partial charge in [0.25, 0.3) is 5.91 Å². The number of hydrogen-bond acceptors (Lipinski definition) is 3. The van der Waals surface area contributed by atoms with Crippen LogP contribution in [-0.2, 0) is 11.3 Å². The maximum absolute atomic E-state index is 13.3. The predicted molar refractivity (Wildman–Crippen MR) is 112 cm³/mol. The van der Waals surface area contributed by atoms with Crippen molar-refractivity contribution in [1.29, 1.82) is 0 Å². The van der Waals surface area contributed by atoms with Gasteiger partial charge in [0.05, 0.1) is 0 Å².